The van der Waals surface area contributed by atoms with Crippen LogP contribution in [0, 0.1) is 0 Å². The van der Waals surface area contributed by atoms with Gasteiger partial charge in [-0.25, -0.2) is 0 Å². The van der Waals surface area contributed by atoms with Gasteiger partial charge in [0.1, 0.15) is 0 Å². The van der Waals surface area contributed by atoms with Gasteiger partial charge in [0, 0.05) is 25.2 Å². The molecule has 1 atom stereocenters. The van der Waals surface area contributed by atoms with Gasteiger partial charge in [-0.15, -0.1) is 0 Å². The third-order valence-corrected chi connectivity index (χ3v) is 3.44. The van der Waals surface area contributed by atoms with Crippen molar-refractivity contribution in [2.45, 2.75) is 19.4 Å². The van der Waals surface area contributed by atoms with Crippen molar-refractivity contribution < 1.29 is 14.3 Å². The zero-order chi connectivity index (χ0) is 15.2. The van der Waals surface area contributed by atoms with Crippen LogP contribution in [0.1, 0.15) is 18.9 Å². The molecule has 5 heteroatoms. The minimum atomic E-state index is -0.00303. The number of hydrogen-bond donors (Lipinski definition) is 1. The Balaban J connectivity index is 2.06. The number of hydrogen-bond acceptors (Lipinski definition) is 4. The molecule has 0 saturated carbocycles. The molecule has 5 nitrogen and oxygen atoms in total. The number of nitrogens with two attached hydrogens (primary N) is 1. The van der Waals surface area contributed by atoms with E-state index in [0.29, 0.717) is 24.7 Å². The number of ether oxygens (including phenoxy) is 2. The van der Waals surface area contributed by atoms with Gasteiger partial charge < -0.3 is 20.1 Å². The van der Waals surface area contributed by atoms with Crippen molar-refractivity contribution in [3.63, 3.8) is 0 Å². The average Bonchev–Trinajstić information content (AvgIpc) is 2.92. The lowest BCUT2D eigenvalue weighted by atomic mass is 10.2. The number of nitrogens with zero attached hydrogens (tertiary/aromatic N) is 1. The summed E-state index contributed by atoms with van der Waals surface area (Å²) in [5.74, 6) is 1.36. The minimum Gasteiger partial charge on any atom is -0.493 e. The Morgan fingerprint density at radius 3 is 2.90 bits per heavy atom. The van der Waals surface area contributed by atoms with Crippen LogP contribution in [0.5, 0.6) is 11.5 Å². The molecule has 1 aliphatic rings. The van der Waals surface area contributed by atoms with Crippen molar-refractivity contribution in [2.75, 3.05) is 26.8 Å². The molecule has 1 fully saturated rings. The third-order valence-electron chi connectivity index (χ3n) is 3.44. The van der Waals surface area contributed by atoms with Crippen LogP contribution >= 0.6 is 0 Å². The van der Waals surface area contributed by atoms with Crippen LogP contribution in [0.3, 0.4) is 0 Å². The summed E-state index contributed by atoms with van der Waals surface area (Å²) >= 11 is 0. The summed E-state index contributed by atoms with van der Waals surface area (Å²) in [5.41, 5.74) is 6.71. The zero-order valence-corrected chi connectivity index (χ0v) is 12.5. The second kappa shape index (κ2) is 7.13. The first kappa shape index (κ1) is 15.4. The predicted octanol–water partition coefficient (Wildman–Crippen LogP) is 1.67. The number of benzene rings is 1. The largest absolute Gasteiger partial charge is 0.493 e. The number of carbonyl (C=O) groups excluding carboxylic acids is 1. The highest BCUT2D eigenvalue weighted by Crippen LogP contribution is 2.28. The number of methoxy groups -OCH3 is 1. The van der Waals surface area contributed by atoms with Crippen LogP contribution in [0.4, 0.5) is 0 Å². The fourth-order valence-corrected chi connectivity index (χ4v) is 2.33. The van der Waals surface area contributed by atoms with Crippen molar-refractivity contribution >= 4 is 12.0 Å². The van der Waals surface area contributed by atoms with Gasteiger partial charge in [0.2, 0.25) is 5.91 Å². The van der Waals surface area contributed by atoms with Crippen LogP contribution in [-0.4, -0.2) is 43.7 Å². The van der Waals surface area contributed by atoms with Crippen LogP contribution in [-0.2, 0) is 4.79 Å². The highest BCUT2D eigenvalue weighted by molar-refractivity contribution is 5.92. The second-order valence-corrected chi connectivity index (χ2v) is 5.01. The smallest absolute Gasteiger partial charge is 0.246 e. The second-order valence-electron chi connectivity index (χ2n) is 5.01. The van der Waals surface area contributed by atoms with Crippen molar-refractivity contribution in [2.24, 2.45) is 5.73 Å². The number of carbonyl (C=O) groups is 1. The Morgan fingerprint density at radius 1 is 1.48 bits per heavy atom. The number of amides is 1. The Labute approximate surface area is 125 Å². The summed E-state index contributed by atoms with van der Waals surface area (Å²) < 4.78 is 10.8. The maximum atomic E-state index is 12.0. The van der Waals surface area contributed by atoms with Gasteiger partial charge in [-0.3, -0.25) is 4.79 Å². The van der Waals surface area contributed by atoms with E-state index in [-0.39, 0.29) is 11.9 Å². The Bertz CT molecular complexity index is 528. The van der Waals surface area contributed by atoms with Gasteiger partial charge in [-0.1, -0.05) is 6.07 Å². The molecule has 0 aromatic heterocycles. The van der Waals surface area contributed by atoms with E-state index in [4.69, 9.17) is 15.2 Å². The minimum absolute atomic E-state index is 0.00303. The lowest BCUT2D eigenvalue weighted by Crippen LogP contribution is -2.30. The van der Waals surface area contributed by atoms with E-state index >= 15 is 0 Å². The molecule has 1 aromatic carbocycles. The van der Waals surface area contributed by atoms with Gasteiger partial charge in [-0.05, 0) is 37.1 Å². The molecule has 1 aliphatic heterocycles. The molecular weight excluding hydrogens is 268 g/mol. The standard InChI is InChI=1S/C16H22N2O3/c1-3-21-15-10-12(4-6-14(15)20-2)5-7-16(19)18-9-8-13(17)11-18/h4-7,10,13H,3,8-9,11,17H2,1-2H3. The van der Waals surface area contributed by atoms with E-state index in [0.717, 1.165) is 18.5 Å². The lowest BCUT2D eigenvalue weighted by molar-refractivity contribution is -0.124. The molecule has 0 spiro atoms. The molecule has 114 valence electrons. The predicted molar refractivity (Wildman–Crippen MR) is 82.4 cm³/mol. The van der Waals surface area contributed by atoms with E-state index in [9.17, 15) is 4.79 Å². The topological polar surface area (TPSA) is 64.8 Å². The molecule has 0 radical (unpaired) electrons. The van der Waals surface area contributed by atoms with Crippen LogP contribution < -0.4 is 15.2 Å². The van der Waals surface area contributed by atoms with Crippen LogP contribution in [0.15, 0.2) is 24.3 Å². The fraction of sp³-hybridized carbons (Fsp3) is 0.438. The van der Waals surface area contributed by atoms with Gasteiger partial charge in [0.25, 0.3) is 0 Å². The van der Waals surface area contributed by atoms with Gasteiger partial charge in [0.15, 0.2) is 11.5 Å². The fourth-order valence-electron chi connectivity index (χ4n) is 2.33. The Hall–Kier alpha value is -2.01. The van der Waals surface area contributed by atoms with Crippen LogP contribution in [0.2, 0.25) is 0 Å². The summed E-state index contributed by atoms with van der Waals surface area (Å²) in [6.07, 6.45) is 4.24. The highest BCUT2D eigenvalue weighted by atomic mass is 16.5. The molecule has 1 amide bonds. The molecule has 1 heterocycles. The first-order valence-corrected chi connectivity index (χ1v) is 7.17. The van der Waals surface area contributed by atoms with E-state index in [1.807, 2.05) is 25.1 Å². The summed E-state index contributed by atoms with van der Waals surface area (Å²) in [6, 6.07) is 5.69. The summed E-state index contributed by atoms with van der Waals surface area (Å²) in [5, 5.41) is 0. The first-order valence-electron chi connectivity index (χ1n) is 7.17. The molecule has 1 unspecified atom stereocenters. The van der Waals surface area contributed by atoms with Gasteiger partial charge in [0.05, 0.1) is 13.7 Å². The summed E-state index contributed by atoms with van der Waals surface area (Å²) in [7, 11) is 1.60. The molecule has 1 aromatic rings. The van der Waals surface area contributed by atoms with Gasteiger partial charge in [-0.2, -0.15) is 0 Å². The summed E-state index contributed by atoms with van der Waals surface area (Å²) in [4.78, 5) is 13.8. The normalized spacial score (nSPS) is 18.2. The van der Waals surface area contributed by atoms with Crippen LogP contribution in [0.25, 0.3) is 6.08 Å². The first-order chi connectivity index (χ1) is 10.1. The zero-order valence-electron chi connectivity index (χ0n) is 12.5. The lowest BCUT2D eigenvalue weighted by Gasteiger charge is -2.13. The number of likely N-dealkylation sites (tertiary alicyclic amines) is 1. The van der Waals surface area contributed by atoms with Crippen molar-refractivity contribution in [3.8, 4) is 11.5 Å². The molecule has 2 rings (SSSR count). The third kappa shape index (κ3) is 3.98. The molecular formula is C16H22N2O3. The van der Waals surface area contributed by atoms with E-state index < -0.39 is 0 Å². The molecule has 0 aliphatic carbocycles. The molecule has 2 N–H and O–H groups in total. The molecule has 0 bridgehead atoms. The Kier molecular flexibility index (Phi) is 5.22. The van der Waals surface area contributed by atoms with Crippen molar-refractivity contribution in [1.29, 1.82) is 0 Å². The molecule has 1 saturated heterocycles. The quantitative estimate of drug-likeness (QED) is 0.838. The van der Waals surface area contributed by atoms with Gasteiger partial charge >= 0.3 is 0 Å². The maximum absolute atomic E-state index is 12.0. The van der Waals surface area contributed by atoms with Crippen molar-refractivity contribution in [1.82, 2.24) is 4.90 Å². The van der Waals surface area contributed by atoms with E-state index in [1.54, 1.807) is 24.2 Å². The van der Waals surface area contributed by atoms with Crippen molar-refractivity contribution in [3.05, 3.63) is 29.8 Å². The average molecular weight is 290 g/mol. The Morgan fingerprint density at radius 2 is 2.29 bits per heavy atom. The monoisotopic (exact) mass is 290 g/mol. The molecule has 21 heavy (non-hydrogen) atoms. The number of rotatable bonds is 5. The summed E-state index contributed by atoms with van der Waals surface area (Å²) in [6.45, 7) is 3.85. The van der Waals surface area contributed by atoms with E-state index in [2.05, 4.69) is 0 Å². The highest BCUT2D eigenvalue weighted by Gasteiger charge is 2.21. The van der Waals surface area contributed by atoms with E-state index in [1.165, 1.54) is 0 Å². The SMILES string of the molecule is CCOc1cc(C=CC(=O)N2CCC(N)C2)ccc1OC. The maximum Gasteiger partial charge on any atom is 0.246 e.